The third-order valence-electron chi connectivity index (χ3n) is 2.47. The first kappa shape index (κ1) is 12.6. The van der Waals surface area contributed by atoms with Gasteiger partial charge in [0.1, 0.15) is 5.82 Å². The normalized spacial score (nSPS) is 10.3. The molecule has 0 fully saturated rings. The van der Waals surface area contributed by atoms with E-state index in [9.17, 15) is 9.18 Å². The Balaban J connectivity index is 3.01. The van der Waals surface area contributed by atoms with E-state index in [0.29, 0.717) is 16.7 Å². The molecule has 3 nitrogen and oxygen atoms in total. The number of amides is 1. The summed E-state index contributed by atoms with van der Waals surface area (Å²) in [7, 11) is 1.60. The fourth-order valence-corrected chi connectivity index (χ4v) is 1.54. The van der Waals surface area contributed by atoms with Gasteiger partial charge in [-0.05, 0) is 37.1 Å². The number of carbonyl (C=O) groups excluding carboxylic acids is 1. The Bertz CT molecular complexity index is 381. The second-order valence-electron chi connectivity index (χ2n) is 3.87. The summed E-state index contributed by atoms with van der Waals surface area (Å²) in [6.07, 6.45) is 0. The van der Waals surface area contributed by atoms with E-state index in [4.69, 9.17) is 5.11 Å². The molecule has 0 aromatic heterocycles. The Morgan fingerprint density at radius 1 is 1.38 bits per heavy atom. The summed E-state index contributed by atoms with van der Waals surface area (Å²) in [5, 5.41) is 8.73. The minimum Gasteiger partial charge on any atom is -0.395 e. The van der Waals surface area contributed by atoms with Gasteiger partial charge in [0, 0.05) is 19.2 Å². The number of aliphatic hydroxyl groups excluding tert-OH is 1. The third kappa shape index (κ3) is 2.58. The predicted octanol–water partition coefficient (Wildman–Crippen LogP) is 1.51. The van der Waals surface area contributed by atoms with Crippen molar-refractivity contribution in [2.45, 2.75) is 13.8 Å². The molecule has 0 atom stereocenters. The van der Waals surface area contributed by atoms with Crippen LogP contribution in [0.25, 0.3) is 0 Å². The number of aryl methyl sites for hydroxylation is 2. The lowest BCUT2D eigenvalue weighted by Crippen LogP contribution is -2.29. The van der Waals surface area contributed by atoms with Gasteiger partial charge in [0.05, 0.1) is 6.61 Å². The number of likely N-dealkylation sites (N-methyl/N-ethyl adjacent to an activating group) is 1. The molecule has 0 saturated carbocycles. The van der Waals surface area contributed by atoms with Crippen LogP contribution in [0.5, 0.6) is 0 Å². The van der Waals surface area contributed by atoms with Crippen molar-refractivity contribution in [3.05, 3.63) is 34.6 Å². The highest BCUT2D eigenvalue weighted by Crippen LogP contribution is 2.15. The van der Waals surface area contributed by atoms with Crippen molar-refractivity contribution < 1.29 is 14.3 Å². The number of nitrogens with zero attached hydrogens (tertiary/aromatic N) is 1. The molecule has 0 radical (unpaired) electrons. The SMILES string of the molecule is Cc1cc(C(=O)N(C)CCO)cc(C)c1F. The average Bonchev–Trinajstić information content (AvgIpc) is 2.24. The number of hydrogen-bond acceptors (Lipinski definition) is 2. The Morgan fingerprint density at radius 2 is 1.88 bits per heavy atom. The van der Waals surface area contributed by atoms with E-state index in [1.165, 1.54) is 17.0 Å². The van der Waals surface area contributed by atoms with Gasteiger partial charge in [-0.15, -0.1) is 0 Å². The second kappa shape index (κ2) is 5.07. The first-order chi connectivity index (χ1) is 7.47. The Morgan fingerprint density at radius 3 is 2.31 bits per heavy atom. The predicted molar refractivity (Wildman–Crippen MR) is 59.9 cm³/mol. The van der Waals surface area contributed by atoms with Gasteiger partial charge in [0.25, 0.3) is 5.91 Å². The van der Waals surface area contributed by atoms with Crippen LogP contribution in [0.4, 0.5) is 4.39 Å². The lowest BCUT2D eigenvalue weighted by Gasteiger charge is -2.16. The highest BCUT2D eigenvalue weighted by Gasteiger charge is 2.13. The summed E-state index contributed by atoms with van der Waals surface area (Å²) in [5.74, 6) is -0.485. The van der Waals surface area contributed by atoms with E-state index < -0.39 is 0 Å². The van der Waals surface area contributed by atoms with Gasteiger partial charge in [0.2, 0.25) is 0 Å². The first-order valence-corrected chi connectivity index (χ1v) is 5.10. The molecule has 16 heavy (non-hydrogen) atoms. The summed E-state index contributed by atoms with van der Waals surface area (Å²) in [6, 6.07) is 3.05. The van der Waals surface area contributed by atoms with Gasteiger partial charge in [-0.25, -0.2) is 4.39 Å². The highest BCUT2D eigenvalue weighted by molar-refractivity contribution is 5.94. The summed E-state index contributed by atoms with van der Waals surface area (Å²) in [4.78, 5) is 13.3. The monoisotopic (exact) mass is 225 g/mol. The van der Waals surface area contributed by atoms with Crippen molar-refractivity contribution in [1.82, 2.24) is 4.90 Å². The van der Waals surface area contributed by atoms with Crippen molar-refractivity contribution in [2.24, 2.45) is 0 Å². The van der Waals surface area contributed by atoms with Gasteiger partial charge in [0.15, 0.2) is 0 Å². The van der Waals surface area contributed by atoms with Crippen LogP contribution in [0, 0.1) is 19.7 Å². The van der Waals surface area contributed by atoms with E-state index in [2.05, 4.69) is 0 Å². The highest BCUT2D eigenvalue weighted by atomic mass is 19.1. The van der Waals surface area contributed by atoms with Gasteiger partial charge in [-0.2, -0.15) is 0 Å². The van der Waals surface area contributed by atoms with E-state index in [1.54, 1.807) is 20.9 Å². The molecule has 1 amide bonds. The molecule has 1 rings (SSSR count). The molecule has 0 spiro atoms. The minimum absolute atomic E-state index is 0.0819. The maximum Gasteiger partial charge on any atom is 0.253 e. The minimum atomic E-state index is -0.277. The molecular formula is C12H16FNO2. The molecular weight excluding hydrogens is 209 g/mol. The van der Waals surface area contributed by atoms with Crippen molar-refractivity contribution >= 4 is 5.91 Å². The summed E-state index contributed by atoms with van der Waals surface area (Å²) < 4.78 is 13.4. The number of carbonyl (C=O) groups is 1. The molecule has 0 heterocycles. The van der Waals surface area contributed by atoms with Crippen LogP contribution in [0.1, 0.15) is 21.5 Å². The maximum absolute atomic E-state index is 13.4. The number of rotatable bonds is 3. The molecule has 0 bridgehead atoms. The fraction of sp³-hybridized carbons (Fsp3) is 0.417. The quantitative estimate of drug-likeness (QED) is 0.847. The summed E-state index contributed by atoms with van der Waals surface area (Å²) in [6.45, 7) is 3.45. The fourth-order valence-electron chi connectivity index (χ4n) is 1.54. The second-order valence-corrected chi connectivity index (χ2v) is 3.87. The van der Waals surface area contributed by atoms with Crippen molar-refractivity contribution in [3.63, 3.8) is 0 Å². The lowest BCUT2D eigenvalue weighted by atomic mass is 10.1. The largest absolute Gasteiger partial charge is 0.395 e. The molecule has 88 valence electrons. The summed E-state index contributed by atoms with van der Waals surface area (Å²) >= 11 is 0. The van der Waals surface area contributed by atoms with Crippen LogP contribution in [0.15, 0.2) is 12.1 Å². The Kier molecular flexibility index (Phi) is 4.01. The van der Waals surface area contributed by atoms with Gasteiger partial charge >= 0.3 is 0 Å². The number of benzene rings is 1. The molecule has 0 aliphatic carbocycles. The van der Waals surface area contributed by atoms with Crippen LogP contribution < -0.4 is 0 Å². The molecule has 1 aromatic carbocycles. The lowest BCUT2D eigenvalue weighted by molar-refractivity contribution is 0.0766. The van der Waals surface area contributed by atoms with Crippen LogP contribution in [0.3, 0.4) is 0 Å². The third-order valence-corrected chi connectivity index (χ3v) is 2.47. The standard InChI is InChI=1S/C12H16FNO2/c1-8-6-10(7-9(2)11(8)13)12(16)14(3)4-5-15/h6-7,15H,4-5H2,1-3H3. The van der Waals surface area contributed by atoms with Crippen LogP contribution in [-0.4, -0.2) is 36.1 Å². The van der Waals surface area contributed by atoms with E-state index >= 15 is 0 Å². The van der Waals surface area contributed by atoms with Crippen molar-refractivity contribution in [3.8, 4) is 0 Å². The zero-order valence-corrected chi connectivity index (χ0v) is 9.75. The van der Waals surface area contributed by atoms with Crippen LogP contribution >= 0.6 is 0 Å². The number of hydrogen-bond donors (Lipinski definition) is 1. The molecule has 0 aliphatic heterocycles. The molecule has 0 saturated heterocycles. The van der Waals surface area contributed by atoms with Gasteiger partial charge in [-0.3, -0.25) is 4.79 Å². The van der Waals surface area contributed by atoms with Crippen LogP contribution in [-0.2, 0) is 0 Å². The maximum atomic E-state index is 13.4. The number of halogens is 1. The molecule has 0 unspecified atom stereocenters. The molecule has 1 N–H and O–H groups in total. The topological polar surface area (TPSA) is 40.5 Å². The smallest absolute Gasteiger partial charge is 0.253 e. The van der Waals surface area contributed by atoms with E-state index in [1.807, 2.05) is 0 Å². The summed E-state index contributed by atoms with van der Waals surface area (Å²) in [5.41, 5.74) is 1.37. The zero-order chi connectivity index (χ0) is 12.3. The molecule has 4 heteroatoms. The van der Waals surface area contributed by atoms with Crippen LogP contribution in [0.2, 0.25) is 0 Å². The Hall–Kier alpha value is -1.42. The van der Waals surface area contributed by atoms with Crippen molar-refractivity contribution in [2.75, 3.05) is 20.2 Å². The zero-order valence-electron chi connectivity index (χ0n) is 9.75. The first-order valence-electron chi connectivity index (χ1n) is 5.10. The van der Waals surface area contributed by atoms with Gasteiger partial charge < -0.3 is 10.0 Å². The van der Waals surface area contributed by atoms with Gasteiger partial charge in [-0.1, -0.05) is 0 Å². The molecule has 1 aromatic rings. The molecule has 0 aliphatic rings. The van der Waals surface area contributed by atoms with E-state index in [-0.39, 0.29) is 24.9 Å². The Labute approximate surface area is 94.5 Å². The number of aliphatic hydroxyl groups is 1. The average molecular weight is 225 g/mol. The van der Waals surface area contributed by atoms with Crippen molar-refractivity contribution in [1.29, 1.82) is 0 Å². The van der Waals surface area contributed by atoms with E-state index in [0.717, 1.165) is 0 Å².